The zero-order valence-corrected chi connectivity index (χ0v) is 12.1. The van der Waals surface area contributed by atoms with Crippen molar-refractivity contribution in [2.45, 2.75) is 12.6 Å². The SMILES string of the molecule is O=C(Cc1cc(F)cc2nccn12)Nc1ccc(C(F)(F)F)cc1. The lowest BCUT2D eigenvalue weighted by molar-refractivity contribution is -0.137. The number of nitrogens with one attached hydrogen (secondary N) is 1. The van der Waals surface area contributed by atoms with Gasteiger partial charge in [-0.1, -0.05) is 0 Å². The summed E-state index contributed by atoms with van der Waals surface area (Å²) < 4.78 is 52.6. The molecule has 0 unspecified atom stereocenters. The number of hydrogen-bond acceptors (Lipinski definition) is 2. The number of rotatable bonds is 3. The Morgan fingerprint density at radius 2 is 1.88 bits per heavy atom. The van der Waals surface area contributed by atoms with Gasteiger partial charge in [-0.3, -0.25) is 4.79 Å². The van der Waals surface area contributed by atoms with Gasteiger partial charge in [0.1, 0.15) is 11.5 Å². The van der Waals surface area contributed by atoms with Crippen molar-refractivity contribution in [1.29, 1.82) is 0 Å². The van der Waals surface area contributed by atoms with Crippen molar-refractivity contribution < 1.29 is 22.4 Å². The van der Waals surface area contributed by atoms with Crippen molar-refractivity contribution in [2.75, 3.05) is 5.32 Å². The summed E-state index contributed by atoms with van der Waals surface area (Å²) in [6.07, 6.45) is -1.51. The number of alkyl halides is 3. The highest BCUT2D eigenvalue weighted by Gasteiger charge is 2.29. The predicted octanol–water partition coefficient (Wildman–Crippen LogP) is 3.67. The van der Waals surface area contributed by atoms with E-state index in [0.29, 0.717) is 11.3 Å². The number of aromatic nitrogens is 2. The van der Waals surface area contributed by atoms with Gasteiger partial charge >= 0.3 is 6.18 Å². The second-order valence-corrected chi connectivity index (χ2v) is 5.12. The number of fused-ring (bicyclic) bond motifs is 1. The van der Waals surface area contributed by atoms with Crippen LogP contribution in [0.2, 0.25) is 0 Å². The summed E-state index contributed by atoms with van der Waals surface area (Å²) in [5.74, 6) is -0.999. The monoisotopic (exact) mass is 337 g/mol. The summed E-state index contributed by atoms with van der Waals surface area (Å²) in [4.78, 5) is 16.0. The average Bonchev–Trinajstić information content (AvgIpc) is 2.95. The van der Waals surface area contributed by atoms with Crippen LogP contribution in [0.25, 0.3) is 5.65 Å². The highest BCUT2D eigenvalue weighted by molar-refractivity contribution is 5.92. The number of halogens is 4. The molecule has 0 aliphatic rings. The molecule has 124 valence electrons. The first kappa shape index (κ1) is 16.0. The van der Waals surface area contributed by atoms with Crippen molar-refractivity contribution >= 4 is 17.2 Å². The van der Waals surface area contributed by atoms with Gasteiger partial charge in [0.05, 0.1) is 12.0 Å². The number of hydrogen-bond donors (Lipinski definition) is 1. The molecule has 3 aromatic rings. The molecule has 4 nitrogen and oxygen atoms in total. The summed E-state index contributed by atoms with van der Waals surface area (Å²) in [5.41, 5.74) is 0.177. The Morgan fingerprint density at radius 3 is 2.54 bits per heavy atom. The van der Waals surface area contributed by atoms with Gasteiger partial charge in [0.25, 0.3) is 0 Å². The van der Waals surface area contributed by atoms with Gasteiger partial charge in [0.2, 0.25) is 5.91 Å². The van der Waals surface area contributed by atoms with E-state index in [2.05, 4.69) is 10.3 Å². The number of imidazole rings is 1. The van der Waals surface area contributed by atoms with E-state index in [1.807, 2.05) is 0 Å². The van der Waals surface area contributed by atoms with Crippen molar-refractivity contribution in [3.8, 4) is 0 Å². The summed E-state index contributed by atoms with van der Waals surface area (Å²) in [5, 5.41) is 2.48. The Kier molecular flexibility index (Phi) is 3.96. The molecule has 0 aliphatic heterocycles. The first-order valence-corrected chi connectivity index (χ1v) is 6.91. The molecule has 3 rings (SSSR count). The van der Waals surface area contributed by atoms with Crippen LogP contribution in [0.15, 0.2) is 48.8 Å². The van der Waals surface area contributed by atoms with Gasteiger partial charge < -0.3 is 9.72 Å². The van der Waals surface area contributed by atoms with Crippen LogP contribution in [-0.2, 0) is 17.4 Å². The minimum absolute atomic E-state index is 0.147. The minimum Gasteiger partial charge on any atom is -0.326 e. The highest BCUT2D eigenvalue weighted by atomic mass is 19.4. The number of nitrogens with zero attached hydrogens (tertiary/aromatic N) is 2. The first-order valence-electron chi connectivity index (χ1n) is 6.91. The molecule has 2 heterocycles. The predicted molar refractivity (Wildman–Crippen MR) is 78.9 cm³/mol. The molecule has 0 atom stereocenters. The fourth-order valence-electron chi connectivity index (χ4n) is 2.31. The van der Waals surface area contributed by atoms with Gasteiger partial charge in [-0.05, 0) is 30.3 Å². The lowest BCUT2D eigenvalue weighted by Gasteiger charge is -2.10. The van der Waals surface area contributed by atoms with Crippen molar-refractivity contribution in [1.82, 2.24) is 9.38 Å². The first-order chi connectivity index (χ1) is 11.3. The van der Waals surface area contributed by atoms with E-state index < -0.39 is 23.5 Å². The van der Waals surface area contributed by atoms with E-state index in [4.69, 9.17) is 0 Å². The third-order valence-electron chi connectivity index (χ3n) is 3.39. The minimum atomic E-state index is -4.43. The Hall–Kier alpha value is -2.90. The van der Waals surface area contributed by atoms with Crippen LogP contribution in [0.1, 0.15) is 11.3 Å². The van der Waals surface area contributed by atoms with Crippen LogP contribution < -0.4 is 5.32 Å². The Bertz CT molecular complexity index is 884. The molecular formula is C16H11F4N3O. The smallest absolute Gasteiger partial charge is 0.326 e. The molecule has 0 radical (unpaired) electrons. The van der Waals surface area contributed by atoms with Crippen molar-refractivity contribution in [2.24, 2.45) is 0 Å². The fourth-order valence-corrected chi connectivity index (χ4v) is 2.31. The Balaban J connectivity index is 1.74. The number of carbonyl (C=O) groups is 1. The Morgan fingerprint density at radius 1 is 1.17 bits per heavy atom. The zero-order valence-electron chi connectivity index (χ0n) is 12.1. The molecule has 2 aromatic heterocycles. The van der Waals surface area contributed by atoms with Gasteiger partial charge in [-0.15, -0.1) is 0 Å². The quantitative estimate of drug-likeness (QED) is 0.741. The molecule has 0 saturated heterocycles. The molecule has 1 N–H and O–H groups in total. The molecule has 1 amide bonds. The van der Waals surface area contributed by atoms with Gasteiger partial charge in [0.15, 0.2) is 0 Å². The molecule has 8 heteroatoms. The lowest BCUT2D eigenvalue weighted by atomic mass is 10.2. The average molecular weight is 337 g/mol. The van der Waals surface area contributed by atoms with Gasteiger partial charge in [-0.2, -0.15) is 13.2 Å². The molecule has 0 aliphatic carbocycles. The third-order valence-corrected chi connectivity index (χ3v) is 3.39. The van der Waals surface area contributed by atoms with Crippen LogP contribution >= 0.6 is 0 Å². The normalized spacial score (nSPS) is 11.7. The van der Waals surface area contributed by atoms with Crippen LogP contribution in [-0.4, -0.2) is 15.3 Å². The summed E-state index contributed by atoms with van der Waals surface area (Å²) in [6.45, 7) is 0. The van der Waals surface area contributed by atoms with Gasteiger partial charge in [0, 0.05) is 29.8 Å². The largest absolute Gasteiger partial charge is 0.416 e. The second kappa shape index (κ2) is 5.95. The fraction of sp³-hybridized carbons (Fsp3) is 0.125. The number of anilines is 1. The number of benzene rings is 1. The lowest BCUT2D eigenvalue weighted by Crippen LogP contribution is -2.16. The van der Waals surface area contributed by atoms with Crippen LogP contribution in [0.4, 0.5) is 23.2 Å². The van der Waals surface area contributed by atoms with E-state index in [9.17, 15) is 22.4 Å². The Labute approximate surface area is 133 Å². The van der Waals surface area contributed by atoms with E-state index >= 15 is 0 Å². The maximum absolute atomic E-state index is 13.5. The topological polar surface area (TPSA) is 46.4 Å². The zero-order chi connectivity index (χ0) is 17.3. The molecule has 0 fully saturated rings. The number of pyridine rings is 1. The second-order valence-electron chi connectivity index (χ2n) is 5.12. The summed E-state index contributed by atoms with van der Waals surface area (Å²) >= 11 is 0. The molecule has 0 bridgehead atoms. The van der Waals surface area contributed by atoms with Crippen molar-refractivity contribution in [3.05, 3.63) is 65.9 Å². The van der Waals surface area contributed by atoms with E-state index in [1.54, 1.807) is 10.6 Å². The standard InChI is InChI=1S/C16H11F4N3O/c17-11-7-13(23-6-5-21-14(23)8-11)9-15(24)22-12-3-1-10(2-4-12)16(18,19)20/h1-8H,9H2,(H,22,24). The molecule has 1 aromatic carbocycles. The van der Waals surface area contributed by atoms with Crippen molar-refractivity contribution in [3.63, 3.8) is 0 Å². The van der Waals surface area contributed by atoms with E-state index in [1.165, 1.54) is 30.5 Å². The molecular weight excluding hydrogens is 326 g/mol. The van der Waals surface area contributed by atoms with E-state index in [0.717, 1.165) is 12.1 Å². The van der Waals surface area contributed by atoms with Gasteiger partial charge in [-0.25, -0.2) is 9.37 Å². The maximum atomic E-state index is 13.5. The number of amides is 1. The summed E-state index contributed by atoms with van der Waals surface area (Å²) in [6, 6.07) is 6.54. The third kappa shape index (κ3) is 3.37. The summed E-state index contributed by atoms with van der Waals surface area (Å²) in [7, 11) is 0. The van der Waals surface area contributed by atoms with Crippen LogP contribution in [0, 0.1) is 5.82 Å². The molecule has 0 saturated carbocycles. The maximum Gasteiger partial charge on any atom is 0.416 e. The molecule has 24 heavy (non-hydrogen) atoms. The molecule has 0 spiro atoms. The van der Waals surface area contributed by atoms with Crippen LogP contribution in [0.5, 0.6) is 0 Å². The number of carbonyl (C=O) groups excluding carboxylic acids is 1. The van der Waals surface area contributed by atoms with E-state index in [-0.39, 0.29) is 12.1 Å². The van der Waals surface area contributed by atoms with Crippen LogP contribution in [0.3, 0.4) is 0 Å². The highest BCUT2D eigenvalue weighted by Crippen LogP contribution is 2.29.